The summed E-state index contributed by atoms with van der Waals surface area (Å²) >= 11 is 0. The van der Waals surface area contributed by atoms with Crippen LogP contribution < -0.4 is 10.2 Å². The molecule has 0 bridgehead atoms. The Kier molecular flexibility index (Phi) is 4.14. The van der Waals surface area contributed by atoms with Crippen molar-refractivity contribution in [2.45, 2.75) is 52.6 Å². The summed E-state index contributed by atoms with van der Waals surface area (Å²) < 4.78 is 12.2. The molecule has 5 heteroatoms. The maximum atomic E-state index is 13.2. The summed E-state index contributed by atoms with van der Waals surface area (Å²) in [4.78, 5) is 13.2. The lowest BCUT2D eigenvalue weighted by Gasteiger charge is -2.34. The molecule has 146 valence electrons. The van der Waals surface area contributed by atoms with Gasteiger partial charge in [0.25, 0.3) is 0 Å². The molecule has 28 heavy (non-hydrogen) atoms. The number of aromatic hydroxyl groups is 2. The Morgan fingerprint density at radius 2 is 1.96 bits per heavy atom. The van der Waals surface area contributed by atoms with Gasteiger partial charge in [0.1, 0.15) is 28.1 Å². The third-order valence-electron chi connectivity index (χ3n) is 5.31. The second kappa shape index (κ2) is 6.30. The SMILES string of the molecule is CC(C)=CCc1c2c(c3oc4c(O)cccc4c(=O)c3c1O)CCC(C)(C)O2. The van der Waals surface area contributed by atoms with Crippen LogP contribution in [0.3, 0.4) is 0 Å². The zero-order valence-electron chi connectivity index (χ0n) is 16.5. The standard InChI is InChI=1S/C23H24O5/c1-12(2)8-9-14-19(26)17-18(25)13-6-5-7-16(24)21(13)27-22(17)15-10-11-23(3,4)28-20(14)15/h5-8,24,26H,9-11H2,1-4H3. The summed E-state index contributed by atoms with van der Waals surface area (Å²) in [5.41, 5.74) is 2.17. The van der Waals surface area contributed by atoms with E-state index in [9.17, 15) is 15.0 Å². The van der Waals surface area contributed by atoms with Crippen LogP contribution in [0.25, 0.3) is 21.9 Å². The molecule has 2 N–H and O–H groups in total. The van der Waals surface area contributed by atoms with Crippen LogP contribution in [-0.2, 0) is 12.8 Å². The summed E-state index contributed by atoms with van der Waals surface area (Å²) in [6, 6.07) is 4.66. The second-order valence-corrected chi connectivity index (χ2v) is 8.27. The molecule has 1 aromatic heterocycles. The Balaban J connectivity index is 2.16. The van der Waals surface area contributed by atoms with Gasteiger partial charge >= 0.3 is 0 Å². The first kappa shape index (κ1) is 18.4. The monoisotopic (exact) mass is 380 g/mol. The molecule has 4 rings (SSSR count). The summed E-state index contributed by atoms with van der Waals surface area (Å²) in [6.07, 6.45) is 3.87. The van der Waals surface area contributed by atoms with Crippen molar-refractivity contribution < 1.29 is 19.4 Å². The molecule has 0 saturated heterocycles. The Bertz CT molecular complexity index is 1190. The highest BCUT2D eigenvalue weighted by atomic mass is 16.5. The van der Waals surface area contributed by atoms with Gasteiger partial charge in [-0.2, -0.15) is 0 Å². The van der Waals surface area contributed by atoms with Gasteiger partial charge in [-0.25, -0.2) is 0 Å². The molecular weight excluding hydrogens is 356 g/mol. The molecular formula is C23H24O5. The average Bonchev–Trinajstić information content (AvgIpc) is 2.61. The number of ether oxygens (including phenoxy) is 1. The smallest absolute Gasteiger partial charge is 0.204 e. The van der Waals surface area contributed by atoms with E-state index in [0.29, 0.717) is 29.7 Å². The number of hydrogen-bond donors (Lipinski definition) is 2. The number of benzene rings is 2. The predicted octanol–water partition coefficient (Wildman–Crippen LogP) is 4.97. The molecule has 0 fully saturated rings. The fourth-order valence-corrected chi connectivity index (χ4v) is 3.77. The Morgan fingerprint density at radius 1 is 1.21 bits per heavy atom. The molecule has 0 radical (unpaired) electrons. The van der Waals surface area contributed by atoms with Gasteiger partial charge in [-0.3, -0.25) is 4.79 Å². The molecule has 0 atom stereocenters. The van der Waals surface area contributed by atoms with E-state index in [-0.39, 0.29) is 38.9 Å². The molecule has 0 amide bonds. The number of phenols is 2. The molecule has 0 saturated carbocycles. The van der Waals surface area contributed by atoms with Crippen molar-refractivity contribution in [3.63, 3.8) is 0 Å². The molecule has 0 unspecified atom stereocenters. The molecule has 0 spiro atoms. The molecule has 0 aliphatic carbocycles. The van der Waals surface area contributed by atoms with Gasteiger partial charge in [-0.1, -0.05) is 17.7 Å². The van der Waals surface area contributed by atoms with Crippen LogP contribution in [0.15, 0.2) is 39.1 Å². The Hall–Kier alpha value is -2.95. The summed E-state index contributed by atoms with van der Waals surface area (Å²) in [7, 11) is 0. The molecule has 2 heterocycles. The van der Waals surface area contributed by atoms with Gasteiger partial charge in [0, 0.05) is 11.1 Å². The number of aryl methyl sites for hydroxylation is 1. The molecule has 1 aliphatic rings. The number of fused-ring (bicyclic) bond motifs is 4. The lowest BCUT2D eigenvalue weighted by Crippen LogP contribution is -2.33. The normalized spacial score (nSPS) is 15.3. The van der Waals surface area contributed by atoms with Crippen molar-refractivity contribution in [1.29, 1.82) is 0 Å². The fourth-order valence-electron chi connectivity index (χ4n) is 3.77. The van der Waals surface area contributed by atoms with Crippen molar-refractivity contribution in [1.82, 2.24) is 0 Å². The van der Waals surface area contributed by atoms with Gasteiger partial charge in [0.2, 0.25) is 5.43 Å². The van der Waals surface area contributed by atoms with Crippen LogP contribution in [-0.4, -0.2) is 15.8 Å². The molecule has 2 aromatic carbocycles. The minimum absolute atomic E-state index is 0.101. The van der Waals surface area contributed by atoms with Crippen LogP contribution in [0.5, 0.6) is 17.2 Å². The van der Waals surface area contributed by atoms with E-state index >= 15 is 0 Å². The van der Waals surface area contributed by atoms with Crippen molar-refractivity contribution >= 4 is 21.9 Å². The lowest BCUT2D eigenvalue weighted by atomic mass is 9.89. The van der Waals surface area contributed by atoms with Crippen molar-refractivity contribution in [2.75, 3.05) is 0 Å². The van der Waals surface area contributed by atoms with Crippen LogP contribution >= 0.6 is 0 Å². The van der Waals surface area contributed by atoms with E-state index < -0.39 is 0 Å². The first-order valence-electron chi connectivity index (χ1n) is 9.47. The van der Waals surface area contributed by atoms with Crippen LogP contribution in [0.4, 0.5) is 0 Å². The number of hydrogen-bond acceptors (Lipinski definition) is 5. The Morgan fingerprint density at radius 3 is 2.68 bits per heavy atom. The minimum atomic E-state index is -0.383. The van der Waals surface area contributed by atoms with Crippen molar-refractivity contribution in [3.05, 3.63) is 51.2 Å². The van der Waals surface area contributed by atoms with Crippen LogP contribution in [0.2, 0.25) is 0 Å². The van der Waals surface area contributed by atoms with Crippen molar-refractivity contribution in [2.24, 2.45) is 0 Å². The maximum Gasteiger partial charge on any atom is 0.204 e. The molecule has 1 aliphatic heterocycles. The zero-order chi connectivity index (χ0) is 20.2. The fraction of sp³-hybridized carbons (Fsp3) is 0.348. The van der Waals surface area contributed by atoms with Crippen molar-refractivity contribution in [3.8, 4) is 17.2 Å². The third-order valence-corrected chi connectivity index (χ3v) is 5.31. The van der Waals surface area contributed by atoms with E-state index in [1.165, 1.54) is 6.07 Å². The van der Waals surface area contributed by atoms with E-state index in [1.807, 2.05) is 33.8 Å². The highest BCUT2D eigenvalue weighted by molar-refractivity contribution is 5.98. The molecule has 3 aromatic rings. The number of allylic oxidation sites excluding steroid dienone is 2. The first-order valence-corrected chi connectivity index (χ1v) is 9.47. The van der Waals surface area contributed by atoms with Crippen LogP contribution in [0, 0.1) is 0 Å². The van der Waals surface area contributed by atoms with E-state index in [4.69, 9.17) is 9.15 Å². The lowest BCUT2D eigenvalue weighted by molar-refractivity contribution is 0.0833. The third kappa shape index (κ3) is 2.82. The number of rotatable bonds is 2. The van der Waals surface area contributed by atoms with E-state index in [2.05, 4.69) is 0 Å². The van der Waals surface area contributed by atoms with Gasteiger partial charge in [-0.15, -0.1) is 0 Å². The molecule has 5 nitrogen and oxygen atoms in total. The van der Waals surface area contributed by atoms with Gasteiger partial charge in [0.05, 0.1) is 5.39 Å². The maximum absolute atomic E-state index is 13.2. The first-order chi connectivity index (χ1) is 13.2. The summed E-state index contributed by atoms with van der Waals surface area (Å²) in [5, 5.41) is 21.6. The number of phenolic OH excluding ortho intramolecular Hbond substituents is 2. The number of para-hydroxylation sites is 1. The van der Waals surface area contributed by atoms with E-state index in [0.717, 1.165) is 17.6 Å². The summed E-state index contributed by atoms with van der Waals surface area (Å²) in [5.74, 6) is 0.370. The highest BCUT2D eigenvalue weighted by Crippen LogP contribution is 2.46. The summed E-state index contributed by atoms with van der Waals surface area (Å²) in [6.45, 7) is 7.98. The zero-order valence-corrected chi connectivity index (χ0v) is 16.5. The topological polar surface area (TPSA) is 79.9 Å². The Labute approximate surface area is 162 Å². The highest BCUT2D eigenvalue weighted by Gasteiger charge is 2.33. The van der Waals surface area contributed by atoms with Crippen LogP contribution in [0.1, 0.15) is 45.2 Å². The minimum Gasteiger partial charge on any atom is -0.507 e. The van der Waals surface area contributed by atoms with Gasteiger partial charge < -0.3 is 19.4 Å². The van der Waals surface area contributed by atoms with Gasteiger partial charge in [-0.05, 0) is 59.1 Å². The van der Waals surface area contributed by atoms with E-state index in [1.54, 1.807) is 12.1 Å². The predicted molar refractivity (Wildman–Crippen MR) is 109 cm³/mol. The largest absolute Gasteiger partial charge is 0.507 e. The van der Waals surface area contributed by atoms with Gasteiger partial charge in [0.15, 0.2) is 11.3 Å². The quantitative estimate of drug-likeness (QED) is 0.485. The second-order valence-electron chi connectivity index (χ2n) is 8.27. The average molecular weight is 380 g/mol.